The highest BCUT2D eigenvalue weighted by Gasteiger charge is 2.01. The second-order valence-electron chi connectivity index (χ2n) is 4.24. The Hall–Kier alpha value is -2.79. The van der Waals surface area contributed by atoms with Gasteiger partial charge >= 0.3 is 5.97 Å². The van der Waals surface area contributed by atoms with Crippen molar-refractivity contribution in [3.63, 3.8) is 0 Å². The molecule has 5 nitrogen and oxygen atoms in total. The molecule has 0 aliphatic heterocycles. The zero-order valence-corrected chi connectivity index (χ0v) is 12.1. The van der Waals surface area contributed by atoms with E-state index in [9.17, 15) is 9.59 Å². The lowest BCUT2D eigenvalue weighted by Gasteiger charge is -2.07. The van der Waals surface area contributed by atoms with Crippen molar-refractivity contribution < 1.29 is 19.4 Å². The van der Waals surface area contributed by atoms with Gasteiger partial charge in [-0.2, -0.15) is 0 Å². The monoisotopic (exact) mass is 317 g/mol. The molecule has 6 heteroatoms. The van der Waals surface area contributed by atoms with Crippen LogP contribution in [0.3, 0.4) is 0 Å². The number of ether oxygens (including phenoxy) is 1. The average Bonchev–Trinajstić information content (AvgIpc) is 2.49. The minimum atomic E-state index is -1.18. The number of benzene rings is 2. The molecule has 0 saturated carbocycles. The molecule has 0 saturated heterocycles. The Morgan fingerprint density at radius 2 is 1.50 bits per heavy atom. The van der Waals surface area contributed by atoms with Crippen molar-refractivity contribution in [2.45, 2.75) is 0 Å². The van der Waals surface area contributed by atoms with Crippen molar-refractivity contribution in [2.75, 3.05) is 5.32 Å². The summed E-state index contributed by atoms with van der Waals surface area (Å²) in [6.07, 6.45) is 1.72. The highest BCUT2D eigenvalue weighted by molar-refractivity contribution is 6.30. The quantitative estimate of drug-likeness (QED) is 0.824. The van der Waals surface area contributed by atoms with E-state index >= 15 is 0 Å². The predicted molar refractivity (Wildman–Crippen MR) is 83.4 cm³/mol. The Labute approximate surface area is 131 Å². The first kappa shape index (κ1) is 15.6. The summed E-state index contributed by atoms with van der Waals surface area (Å²) in [7, 11) is 0. The van der Waals surface area contributed by atoms with Gasteiger partial charge in [-0.3, -0.25) is 4.79 Å². The topological polar surface area (TPSA) is 75.6 Å². The van der Waals surface area contributed by atoms with Gasteiger partial charge in [0.15, 0.2) is 0 Å². The molecule has 0 aliphatic carbocycles. The fourth-order valence-corrected chi connectivity index (χ4v) is 1.70. The van der Waals surface area contributed by atoms with Gasteiger partial charge in [0.1, 0.15) is 11.5 Å². The normalized spacial score (nSPS) is 10.4. The maximum Gasteiger partial charge on any atom is 0.328 e. The number of carboxylic acids is 1. The molecule has 2 N–H and O–H groups in total. The van der Waals surface area contributed by atoms with Crippen molar-refractivity contribution in [2.24, 2.45) is 0 Å². The Morgan fingerprint density at radius 1 is 0.955 bits per heavy atom. The molecule has 2 aromatic rings. The van der Waals surface area contributed by atoms with Gasteiger partial charge in [0.05, 0.1) is 0 Å². The first-order valence-electron chi connectivity index (χ1n) is 6.28. The summed E-state index contributed by atoms with van der Waals surface area (Å²) in [6.45, 7) is 0. The van der Waals surface area contributed by atoms with Crippen LogP contribution in [0, 0.1) is 0 Å². The van der Waals surface area contributed by atoms with Gasteiger partial charge in [0.25, 0.3) is 0 Å². The van der Waals surface area contributed by atoms with Crippen LogP contribution in [0.25, 0.3) is 0 Å². The Bertz CT molecular complexity index is 693. The number of aliphatic carboxylic acids is 1. The van der Waals surface area contributed by atoms with Gasteiger partial charge in [-0.1, -0.05) is 11.6 Å². The molecule has 0 radical (unpaired) electrons. The van der Waals surface area contributed by atoms with Gasteiger partial charge in [0, 0.05) is 22.9 Å². The van der Waals surface area contributed by atoms with Crippen LogP contribution >= 0.6 is 11.6 Å². The van der Waals surface area contributed by atoms with Gasteiger partial charge < -0.3 is 15.2 Å². The standard InChI is InChI=1S/C16H12ClNO4/c17-11-1-5-13(6-2-11)22-14-7-3-12(4-8-14)18-15(19)9-10-16(20)21/h1-10H,(H,18,19)(H,20,21)/b10-9-. The zero-order chi connectivity index (χ0) is 15.9. The first-order valence-corrected chi connectivity index (χ1v) is 6.66. The molecule has 0 atom stereocenters. The van der Waals surface area contributed by atoms with E-state index in [0.29, 0.717) is 22.2 Å². The van der Waals surface area contributed by atoms with Crippen molar-refractivity contribution in [3.8, 4) is 11.5 Å². The minimum absolute atomic E-state index is 0.520. The van der Waals surface area contributed by atoms with E-state index in [1.165, 1.54) is 0 Å². The van der Waals surface area contributed by atoms with E-state index in [1.807, 2.05) is 0 Å². The van der Waals surface area contributed by atoms with E-state index in [1.54, 1.807) is 48.5 Å². The number of hydrogen-bond donors (Lipinski definition) is 2. The second kappa shape index (κ2) is 7.28. The van der Waals surface area contributed by atoms with Crippen molar-refractivity contribution in [3.05, 3.63) is 65.7 Å². The molecule has 0 unspecified atom stereocenters. The first-order chi connectivity index (χ1) is 10.5. The lowest BCUT2D eigenvalue weighted by atomic mass is 10.3. The van der Waals surface area contributed by atoms with Crippen LogP contribution in [0.4, 0.5) is 5.69 Å². The molecule has 1 amide bonds. The van der Waals surface area contributed by atoms with E-state index in [0.717, 1.165) is 12.2 Å². The smallest absolute Gasteiger partial charge is 0.328 e. The number of carbonyl (C=O) groups is 2. The molecular formula is C16H12ClNO4. The minimum Gasteiger partial charge on any atom is -0.478 e. The van der Waals surface area contributed by atoms with Crippen LogP contribution < -0.4 is 10.1 Å². The van der Waals surface area contributed by atoms with Crippen LogP contribution in [-0.4, -0.2) is 17.0 Å². The molecule has 22 heavy (non-hydrogen) atoms. The maximum atomic E-state index is 11.4. The fourth-order valence-electron chi connectivity index (χ4n) is 1.58. The molecule has 0 bridgehead atoms. The number of halogens is 1. The third-order valence-corrected chi connectivity index (χ3v) is 2.80. The summed E-state index contributed by atoms with van der Waals surface area (Å²) in [5.74, 6) is -0.456. The number of anilines is 1. The van der Waals surface area contributed by atoms with E-state index in [4.69, 9.17) is 21.4 Å². The molecule has 0 aliphatic rings. The fraction of sp³-hybridized carbons (Fsp3) is 0. The van der Waals surface area contributed by atoms with Crippen molar-refractivity contribution in [1.29, 1.82) is 0 Å². The average molecular weight is 318 g/mol. The summed E-state index contributed by atoms with van der Waals surface area (Å²) in [5, 5.41) is 11.6. The van der Waals surface area contributed by atoms with Crippen LogP contribution in [0.5, 0.6) is 11.5 Å². The highest BCUT2D eigenvalue weighted by atomic mass is 35.5. The molecule has 0 fully saturated rings. The molecule has 2 aromatic carbocycles. The maximum absolute atomic E-state index is 11.4. The number of carbonyl (C=O) groups excluding carboxylic acids is 1. The third-order valence-electron chi connectivity index (χ3n) is 2.55. The largest absolute Gasteiger partial charge is 0.478 e. The number of carboxylic acid groups (broad SMARTS) is 1. The van der Waals surface area contributed by atoms with Gasteiger partial charge in [-0.05, 0) is 48.5 Å². The molecule has 112 valence electrons. The lowest BCUT2D eigenvalue weighted by molar-refractivity contribution is -0.131. The van der Waals surface area contributed by atoms with Gasteiger partial charge in [-0.15, -0.1) is 0 Å². The molecule has 2 rings (SSSR count). The van der Waals surface area contributed by atoms with Crippen LogP contribution in [0.2, 0.25) is 5.02 Å². The van der Waals surface area contributed by atoms with Crippen molar-refractivity contribution in [1.82, 2.24) is 0 Å². The zero-order valence-electron chi connectivity index (χ0n) is 11.3. The van der Waals surface area contributed by atoms with E-state index in [-0.39, 0.29) is 0 Å². The summed E-state index contributed by atoms with van der Waals surface area (Å²) < 4.78 is 5.61. The lowest BCUT2D eigenvalue weighted by Crippen LogP contribution is -2.08. The van der Waals surface area contributed by atoms with E-state index < -0.39 is 11.9 Å². The Balaban J connectivity index is 1.96. The Kier molecular flexibility index (Phi) is 5.16. The van der Waals surface area contributed by atoms with Gasteiger partial charge in [0.2, 0.25) is 5.91 Å². The summed E-state index contributed by atoms with van der Waals surface area (Å²) in [5.41, 5.74) is 0.531. The Morgan fingerprint density at radius 3 is 2.05 bits per heavy atom. The molecular weight excluding hydrogens is 306 g/mol. The molecule has 0 heterocycles. The summed E-state index contributed by atoms with van der Waals surface area (Å²) in [6, 6.07) is 13.6. The predicted octanol–water partition coefficient (Wildman–Crippen LogP) is 3.71. The van der Waals surface area contributed by atoms with Crippen molar-refractivity contribution >= 4 is 29.2 Å². The molecule has 0 aromatic heterocycles. The number of amides is 1. The van der Waals surface area contributed by atoms with Crippen LogP contribution in [0.15, 0.2) is 60.7 Å². The van der Waals surface area contributed by atoms with Crippen LogP contribution in [-0.2, 0) is 9.59 Å². The summed E-state index contributed by atoms with van der Waals surface area (Å²) >= 11 is 5.79. The highest BCUT2D eigenvalue weighted by Crippen LogP contribution is 2.24. The molecule has 0 spiro atoms. The van der Waals surface area contributed by atoms with Crippen LogP contribution in [0.1, 0.15) is 0 Å². The number of hydrogen-bond acceptors (Lipinski definition) is 3. The summed E-state index contributed by atoms with van der Waals surface area (Å²) in [4.78, 5) is 21.7. The third kappa shape index (κ3) is 4.96. The number of nitrogens with one attached hydrogen (secondary N) is 1. The number of rotatable bonds is 5. The second-order valence-corrected chi connectivity index (χ2v) is 4.68. The SMILES string of the molecule is O=C(O)/C=C\C(=O)Nc1ccc(Oc2ccc(Cl)cc2)cc1. The van der Waals surface area contributed by atoms with Gasteiger partial charge in [-0.25, -0.2) is 4.79 Å². The van der Waals surface area contributed by atoms with E-state index in [2.05, 4.69) is 5.32 Å².